The van der Waals surface area contributed by atoms with Crippen LogP contribution < -0.4 is 0 Å². The van der Waals surface area contributed by atoms with Crippen LogP contribution in [0.15, 0.2) is 23.5 Å². The van der Waals surface area contributed by atoms with E-state index in [9.17, 15) is 4.79 Å². The standard InChI is InChI=1S/C20H34N4O3/c1-6-23(7-2)12-8-9-13-24(19(25)27-20(3,4)5)16-18-14-17(15-22-26)10-11-21-18/h10-11,14-15,26H,6-9,12-13,16H2,1-5H3/b22-15-. The van der Waals surface area contributed by atoms with Gasteiger partial charge < -0.3 is 19.7 Å². The van der Waals surface area contributed by atoms with Crippen LogP contribution in [0.2, 0.25) is 0 Å². The first-order valence-corrected chi connectivity index (χ1v) is 9.61. The van der Waals surface area contributed by atoms with Gasteiger partial charge >= 0.3 is 6.09 Å². The number of ether oxygens (including phenoxy) is 1. The van der Waals surface area contributed by atoms with Crippen LogP contribution in [0.1, 0.15) is 58.7 Å². The molecule has 7 heteroatoms. The summed E-state index contributed by atoms with van der Waals surface area (Å²) in [5.74, 6) is 0. The zero-order chi connectivity index (χ0) is 20.3. The Labute approximate surface area is 163 Å². The quantitative estimate of drug-likeness (QED) is 0.290. The van der Waals surface area contributed by atoms with Crippen molar-refractivity contribution in [3.8, 4) is 0 Å². The second-order valence-corrected chi connectivity index (χ2v) is 7.46. The Kier molecular flexibility index (Phi) is 9.78. The van der Waals surface area contributed by atoms with Crippen LogP contribution in [-0.2, 0) is 11.3 Å². The average molecular weight is 379 g/mol. The van der Waals surface area contributed by atoms with Crippen molar-refractivity contribution < 1.29 is 14.7 Å². The molecular formula is C20H34N4O3. The zero-order valence-electron chi connectivity index (χ0n) is 17.3. The van der Waals surface area contributed by atoms with E-state index in [0.29, 0.717) is 13.1 Å². The Bertz CT molecular complexity index is 595. The number of carbonyl (C=O) groups excluding carboxylic acids is 1. The van der Waals surface area contributed by atoms with Gasteiger partial charge in [0.15, 0.2) is 0 Å². The third-order valence-corrected chi connectivity index (χ3v) is 4.10. The Morgan fingerprint density at radius 2 is 1.93 bits per heavy atom. The average Bonchev–Trinajstić information content (AvgIpc) is 2.60. The Morgan fingerprint density at radius 3 is 2.52 bits per heavy atom. The van der Waals surface area contributed by atoms with Crippen molar-refractivity contribution in [1.82, 2.24) is 14.8 Å². The summed E-state index contributed by atoms with van der Waals surface area (Å²) in [5.41, 5.74) is 0.908. The van der Waals surface area contributed by atoms with E-state index in [4.69, 9.17) is 9.94 Å². The number of hydrogen-bond donors (Lipinski definition) is 1. The number of nitrogens with zero attached hydrogens (tertiary/aromatic N) is 4. The minimum Gasteiger partial charge on any atom is -0.444 e. The number of oxime groups is 1. The van der Waals surface area contributed by atoms with Crippen molar-refractivity contribution >= 4 is 12.3 Å². The molecule has 1 N–H and O–H groups in total. The van der Waals surface area contributed by atoms with E-state index >= 15 is 0 Å². The fraction of sp³-hybridized carbons (Fsp3) is 0.650. The molecule has 7 nitrogen and oxygen atoms in total. The Morgan fingerprint density at radius 1 is 1.26 bits per heavy atom. The normalized spacial score (nSPS) is 11.9. The summed E-state index contributed by atoms with van der Waals surface area (Å²) in [6.45, 7) is 14.0. The number of unbranched alkanes of at least 4 members (excludes halogenated alkanes) is 1. The molecule has 1 heterocycles. The van der Waals surface area contributed by atoms with Crippen LogP contribution in [0.25, 0.3) is 0 Å². The molecule has 0 saturated carbocycles. The van der Waals surface area contributed by atoms with Gasteiger partial charge in [-0.2, -0.15) is 0 Å². The first kappa shape index (κ1) is 22.9. The largest absolute Gasteiger partial charge is 0.444 e. The van der Waals surface area contributed by atoms with E-state index in [-0.39, 0.29) is 6.09 Å². The first-order valence-electron chi connectivity index (χ1n) is 9.61. The molecule has 0 aliphatic rings. The summed E-state index contributed by atoms with van der Waals surface area (Å²) in [4.78, 5) is 21.0. The van der Waals surface area contributed by atoms with Crippen molar-refractivity contribution in [1.29, 1.82) is 0 Å². The van der Waals surface area contributed by atoms with Gasteiger partial charge in [-0.25, -0.2) is 4.79 Å². The van der Waals surface area contributed by atoms with E-state index in [0.717, 1.165) is 43.7 Å². The number of aromatic nitrogens is 1. The number of hydrogen-bond acceptors (Lipinski definition) is 6. The van der Waals surface area contributed by atoms with Gasteiger partial charge in [-0.1, -0.05) is 19.0 Å². The van der Waals surface area contributed by atoms with Gasteiger partial charge in [-0.15, -0.1) is 0 Å². The van der Waals surface area contributed by atoms with Crippen LogP contribution in [-0.4, -0.2) is 64.1 Å². The molecule has 0 radical (unpaired) electrons. The molecule has 0 saturated heterocycles. The number of carbonyl (C=O) groups is 1. The molecule has 0 aliphatic carbocycles. The summed E-state index contributed by atoms with van der Waals surface area (Å²) >= 11 is 0. The number of rotatable bonds is 10. The topological polar surface area (TPSA) is 78.3 Å². The van der Waals surface area contributed by atoms with E-state index in [1.54, 1.807) is 23.2 Å². The molecule has 152 valence electrons. The lowest BCUT2D eigenvalue weighted by atomic mass is 10.2. The first-order chi connectivity index (χ1) is 12.8. The molecule has 1 aromatic rings. The van der Waals surface area contributed by atoms with Gasteiger partial charge in [0.1, 0.15) is 5.60 Å². The fourth-order valence-electron chi connectivity index (χ4n) is 2.67. The summed E-state index contributed by atoms with van der Waals surface area (Å²) in [6.07, 6.45) is 4.56. The predicted molar refractivity (Wildman–Crippen MR) is 107 cm³/mol. The highest BCUT2D eigenvalue weighted by atomic mass is 16.6. The van der Waals surface area contributed by atoms with E-state index in [1.807, 2.05) is 20.8 Å². The van der Waals surface area contributed by atoms with Crippen LogP contribution in [0, 0.1) is 0 Å². The highest BCUT2D eigenvalue weighted by Gasteiger charge is 2.22. The SMILES string of the molecule is CCN(CC)CCCCN(Cc1cc(/C=N\O)ccn1)C(=O)OC(C)(C)C. The maximum absolute atomic E-state index is 12.6. The van der Waals surface area contributed by atoms with Crippen LogP contribution in [0.3, 0.4) is 0 Å². The van der Waals surface area contributed by atoms with Gasteiger partial charge in [0.05, 0.1) is 18.5 Å². The van der Waals surface area contributed by atoms with Crippen LogP contribution >= 0.6 is 0 Å². The molecule has 0 aliphatic heterocycles. The molecule has 0 fully saturated rings. The van der Waals surface area contributed by atoms with Gasteiger partial charge in [0, 0.05) is 12.7 Å². The van der Waals surface area contributed by atoms with Crippen molar-refractivity contribution in [2.75, 3.05) is 26.2 Å². The second-order valence-electron chi connectivity index (χ2n) is 7.46. The molecule has 27 heavy (non-hydrogen) atoms. The van der Waals surface area contributed by atoms with Crippen LogP contribution in [0.4, 0.5) is 4.79 Å². The van der Waals surface area contributed by atoms with E-state index < -0.39 is 5.60 Å². The third kappa shape index (κ3) is 9.38. The molecule has 0 atom stereocenters. The fourth-order valence-corrected chi connectivity index (χ4v) is 2.67. The van der Waals surface area contributed by atoms with Crippen molar-refractivity contribution in [3.05, 3.63) is 29.6 Å². The summed E-state index contributed by atoms with van der Waals surface area (Å²) in [6, 6.07) is 3.54. The van der Waals surface area contributed by atoms with Gasteiger partial charge in [-0.05, 0) is 70.9 Å². The highest BCUT2D eigenvalue weighted by molar-refractivity contribution is 5.78. The number of amides is 1. The molecule has 1 aromatic heterocycles. The minimum absolute atomic E-state index is 0.339. The van der Waals surface area contributed by atoms with Crippen molar-refractivity contribution in [2.24, 2.45) is 5.16 Å². The maximum atomic E-state index is 12.6. The second kappa shape index (κ2) is 11.5. The molecule has 0 unspecified atom stereocenters. The van der Waals surface area contributed by atoms with Gasteiger partial charge in [-0.3, -0.25) is 4.98 Å². The molecule has 0 spiro atoms. The zero-order valence-corrected chi connectivity index (χ0v) is 17.3. The lowest BCUT2D eigenvalue weighted by Gasteiger charge is -2.27. The number of pyridine rings is 1. The predicted octanol–water partition coefficient (Wildman–Crippen LogP) is 3.75. The van der Waals surface area contributed by atoms with E-state index in [2.05, 4.69) is 28.9 Å². The highest BCUT2D eigenvalue weighted by Crippen LogP contribution is 2.13. The summed E-state index contributed by atoms with van der Waals surface area (Å²) < 4.78 is 5.55. The van der Waals surface area contributed by atoms with Crippen molar-refractivity contribution in [3.63, 3.8) is 0 Å². The molecule has 0 aromatic carbocycles. The van der Waals surface area contributed by atoms with E-state index in [1.165, 1.54) is 6.21 Å². The molecular weight excluding hydrogens is 344 g/mol. The van der Waals surface area contributed by atoms with Gasteiger partial charge in [0.25, 0.3) is 0 Å². The lowest BCUT2D eigenvalue weighted by molar-refractivity contribution is 0.0227. The van der Waals surface area contributed by atoms with Crippen molar-refractivity contribution in [2.45, 2.75) is 59.6 Å². The summed E-state index contributed by atoms with van der Waals surface area (Å²) in [5, 5.41) is 11.7. The van der Waals surface area contributed by atoms with Crippen LogP contribution in [0.5, 0.6) is 0 Å². The Balaban J connectivity index is 2.75. The monoisotopic (exact) mass is 378 g/mol. The maximum Gasteiger partial charge on any atom is 0.410 e. The molecule has 0 bridgehead atoms. The Hall–Kier alpha value is -2.15. The molecule has 1 rings (SSSR count). The summed E-state index contributed by atoms with van der Waals surface area (Å²) in [7, 11) is 0. The van der Waals surface area contributed by atoms with Gasteiger partial charge in [0.2, 0.25) is 0 Å². The smallest absolute Gasteiger partial charge is 0.410 e. The molecule has 1 amide bonds. The minimum atomic E-state index is -0.546. The lowest BCUT2D eigenvalue weighted by Crippen LogP contribution is -2.37. The third-order valence-electron chi connectivity index (χ3n) is 4.10.